The van der Waals surface area contributed by atoms with Crippen LogP contribution in [0.3, 0.4) is 0 Å². The van der Waals surface area contributed by atoms with Crippen molar-refractivity contribution in [2.45, 2.75) is 304 Å². The molecule has 0 aromatic carbocycles. The molecule has 0 fully saturated rings. The second kappa shape index (κ2) is 48.2. The van der Waals surface area contributed by atoms with Crippen molar-refractivity contribution in [3.05, 3.63) is 0 Å². The van der Waals surface area contributed by atoms with Crippen molar-refractivity contribution < 1.29 is 4.48 Å². The predicted molar refractivity (Wildman–Crippen MR) is 247 cm³/mol. The Kier molecular flexibility index (Phi) is 50.1. The third-order valence-electron chi connectivity index (χ3n) is 12.7. The summed E-state index contributed by atoms with van der Waals surface area (Å²) < 4.78 is 1.49. The van der Waals surface area contributed by atoms with E-state index in [0.29, 0.717) is 0 Å². The lowest BCUT2D eigenvalue weighted by molar-refractivity contribution is -0.929. The van der Waals surface area contributed by atoms with E-state index in [-0.39, 0.29) is 8.41 Å². The highest BCUT2D eigenvalue weighted by Gasteiger charge is 2.25. The van der Waals surface area contributed by atoms with Gasteiger partial charge in [-0.25, -0.2) is 0 Å². The lowest BCUT2D eigenvalue weighted by Crippen LogP contribution is -2.50. The molecule has 0 saturated heterocycles. The smallest absolute Gasteiger partial charge is 0.0786 e. The lowest BCUT2D eigenvalue weighted by Gasteiger charge is -2.40. The van der Waals surface area contributed by atoms with Gasteiger partial charge in [0, 0.05) is 0 Å². The summed E-state index contributed by atoms with van der Waals surface area (Å²) >= 11 is 0. The lowest BCUT2D eigenvalue weighted by atomic mass is 10.0. The van der Waals surface area contributed by atoms with Crippen molar-refractivity contribution in [1.29, 1.82) is 0 Å². The monoisotopic (exact) mass is 744 g/mol. The summed E-state index contributed by atoms with van der Waals surface area (Å²) in [6.45, 7) is 15.3. The molecular weight excluding hydrogens is 637 g/mol. The van der Waals surface area contributed by atoms with Crippen molar-refractivity contribution in [1.82, 2.24) is 0 Å². The first kappa shape index (κ1) is 55.1. The molecule has 1 nitrogen and oxygen atoms in total. The maximum atomic E-state index is 2.35. The van der Waals surface area contributed by atoms with Crippen LogP contribution >= 0.6 is 0 Å². The second-order valence-electron chi connectivity index (χ2n) is 18.0. The second-order valence-corrected chi connectivity index (χ2v) is 18.0. The molecule has 0 bridgehead atoms. The third kappa shape index (κ3) is 43.0. The van der Waals surface area contributed by atoms with Gasteiger partial charge in [0.1, 0.15) is 0 Å². The molecule has 0 aliphatic rings. The topological polar surface area (TPSA) is 0 Å². The highest BCUT2D eigenvalue weighted by atomic mass is 15.3. The van der Waals surface area contributed by atoms with Crippen LogP contribution in [0, 0.1) is 0 Å². The van der Waals surface area contributed by atoms with E-state index in [2.05, 4.69) is 27.7 Å². The highest BCUT2D eigenvalue weighted by Crippen LogP contribution is 2.22. The molecule has 0 unspecified atom stereocenters. The molecule has 0 aliphatic heterocycles. The van der Waals surface area contributed by atoms with Crippen LogP contribution < -0.4 is 0 Å². The van der Waals surface area contributed by atoms with E-state index >= 15 is 0 Å². The zero-order valence-electron chi connectivity index (χ0n) is 38.3. The Hall–Kier alpha value is 0.0249. The summed E-state index contributed by atoms with van der Waals surface area (Å²) in [5.74, 6) is 0. The molecule has 0 saturated carbocycles. The fourth-order valence-corrected chi connectivity index (χ4v) is 8.94. The van der Waals surface area contributed by atoms with Crippen LogP contribution in [0.1, 0.15) is 304 Å². The largest absolute Gasteiger partial charge is 1.00 e. The van der Waals surface area contributed by atoms with Gasteiger partial charge in [-0.2, -0.15) is 0 Å². The first-order valence-electron chi connectivity index (χ1n) is 25.6. The molecule has 0 aromatic rings. The zero-order valence-corrected chi connectivity index (χ0v) is 38.3. The van der Waals surface area contributed by atoms with Gasteiger partial charge in [0.2, 0.25) is 0 Å². The molecule has 0 heterocycles. The Morgan fingerprint density at radius 2 is 0.283 bits per heavy atom. The maximum absolute atomic E-state index is 2.35. The number of rotatable bonds is 47. The Bertz CT molecular complexity index is 550. The van der Waals surface area contributed by atoms with Gasteiger partial charge >= 0.3 is 0 Å². The average molecular weight is 744 g/mol. The van der Waals surface area contributed by atoms with Gasteiger partial charge in [0.05, 0.1) is 26.2 Å². The van der Waals surface area contributed by atoms with Crippen molar-refractivity contribution in [2.75, 3.05) is 26.2 Å². The van der Waals surface area contributed by atoms with E-state index in [1.54, 1.807) is 0 Å². The zero-order chi connectivity index (χ0) is 37.7. The van der Waals surface area contributed by atoms with E-state index in [4.69, 9.17) is 0 Å². The Balaban J connectivity index is 0. The fourth-order valence-electron chi connectivity index (χ4n) is 8.94. The molecule has 53 heavy (non-hydrogen) atoms. The van der Waals surface area contributed by atoms with Gasteiger partial charge in [0.25, 0.3) is 0 Å². The molecule has 0 amide bonds. The van der Waals surface area contributed by atoms with Gasteiger partial charge in [0.15, 0.2) is 0 Å². The summed E-state index contributed by atoms with van der Waals surface area (Å²) in [5.41, 5.74) is 0. The van der Waals surface area contributed by atoms with Crippen LogP contribution in [0.15, 0.2) is 0 Å². The van der Waals surface area contributed by atoms with Gasteiger partial charge in [-0.15, -0.1) is 0 Å². The standard InChI is InChI=1S/C51H106N.B/c1-5-9-13-17-21-24-27-30-33-37-41-45-49-52(48-44-40-36-20-16-12-8-4,50-46-42-38-34-31-28-25-22-18-14-10-6-2)51-47-43-39-35-32-29-26-23-19-15-11-7-3;/h5-51H2,1-4H3;/q+1;-1. The predicted octanol–water partition coefficient (Wildman–Crippen LogP) is 18.3. The van der Waals surface area contributed by atoms with Crippen LogP contribution in [-0.2, 0) is 0 Å². The van der Waals surface area contributed by atoms with Crippen LogP contribution in [0.2, 0.25) is 0 Å². The molecule has 0 atom stereocenters. The summed E-state index contributed by atoms with van der Waals surface area (Å²) in [4.78, 5) is 0. The third-order valence-corrected chi connectivity index (χ3v) is 12.7. The molecule has 0 aromatic heterocycles. The van der Waals surface area contributed by atoms with Crippen LogP contribution in [0.25, 0.3) is 0 Å². The Labute approximate surface area is 341 Å². The summed E-state index contributed by atoms with van der Waals surface area (Å²) in [7, 11) is 0. The minimum Gasteiger partial charge on any atom is -1.00 e. The summed E-state index contributed by atoms with van der Waals surface area (Å²) in [6, 6.07) is 0. The van der Waals surface area contributed by atoms with E-state index in [1.807, 2.05) is 0 Å². The SMILES string of the molecule is CCCCCCCCCCCCCC[N+](CCCCCCCCC)(CCCCCCCCCCCCCC)CCCCCCCCCCCCCC.[B-]. The maximum Gasteiger partial charge on any atom is 0.0786 e. The van der Waals surface area contributed by atoms with Crippen molar-refractivity contribution in [3.63, 3.8) is 0 Å². The van der Waals surface area contributed by atoms with Gasteiger partial charge in [-0.1, -0.05) is 252 Å². The van der Waals surface area contributed by atoms with Gasteiger partial charge < -0.3 is 12.9 Å². The van der Waals surface area contributed by atoms with Gasteiger partial charge in [-0.05, 0) is 51.4 Å². The number of quaternary nitrogens is 1. The van der Waals surface area contributed by atoms with E-state index in [1.165, 1.54) is 307 Å². The van der Waals surface area contributed by atoms with Crippen LogP contribution in [0.4, 0.5) is 0 Å². The molecule has 0 aliphatic carbocycles. The quantitative estimate of drug-likeness (QED) is 0.0331. The van der Waals surface area contributed by atoms with Crippen molar-refractivity contribution in [2.24, 2.45) is 0 Å². The van der Waals surface area contributed by atoms with Crippen molar-refractivity contribution in [3.8, 4) is 0 Å². The van der Waals surface area contributed by atoms with Crippen molar-refractivity contribution >= 4 is 8.41 Å². The number of hydrogen-bond donors (Lipinski definition) is 0. The van der Waals surface area contributed by atoms with Crippen LogP contribution in [-0.4, -0.2) is 39.1 Å². The molecule has 2 heteroatoms. The summed E-state index contributed by atoms with van der Waals surface area (Å²) in [6.07, 6.45) is 63.2. The average Bonchev–Trinajstić information content (AvgIpc) is 3.15. The molecule has 0 N–H and O–H groups in total. The van der Waals surface area contributed by atoms with E-state index in [0.717, 1.165) is 0 Å². The van der Waals surface area contributed by atoms with E-state index in [9.17, 15) is 0 Å². The first-order chi connectivity index (χ1) is 25.7. The number of nitrogens with zero attached hydrogens (tertiary/aromatic N) is 1. The van der Waals surface area contributed by atoms with Crippen LogP contribution in [0.5, 0.6) is 0 Å². The molecule has 0 spiro atoms. The number of unbranched alkanes of at least 4 members (excludes halogenated alkanes) is 39. The highest BCUT2D eigenvalue weighted by molar-refractivity contribution is 5.75. The molecular formula is C51H106BN. The molecule has 318 valence electrons. The fraction of sp³-hybridized carbons (Fsp3) is 1.00. The minimum absolute atomic E-state index is 0. The Morgan fingerprint density at radius 3 is 0.415 bits per heavy atom. The molecule has 0 rings (SSSR count). The Morgan fingerprint density at radius 1 is 0.170 bits per heavy atom. The molecule has 4 radical (unpaired) electrons. The normalized spacial score (nSPS) is 11.8. The van der Waals surface area contributed by atoms with E-state index < -0.39 is 0 Å². The number of hydrogen-bond acceptors (Lipinski definition) is 0. The first-order valence-corrected chi connectivity index (χ1v) is 25.6. The van der Waals surface area contributed by atoms with Gasteiger partial charge in [-0.3, -0.25) is 0 Å². The minimum atomic E-state index is 0. The summed E-state index contributed by atoms with van der Waals surface area (Å²) in [5, 5.41) is 0.